The molecular weight excluding hydrogens is 563 g/mol. The summed E-state index contributed by atoms with van der Waals surface area (Å²) in [4.78, 5) is 17.3. The van der Waals surface area contributed by atoms with Gasteiger partial charge in [0.2, 0.25) is 0 Å². The lowest BCUT2D eigenvalue weighted by Gasteiger charge is -2.11. The number of rotatable bonds is 7. The minimum absolute atomic E-state index is 0.0669. The Morgan fingerprint density at radius 1 is 1.25 bits per heavy atom. The zero-order valence-electron chi connectivity index (χ0n) is 19.2. The molecule has 0 aliphatic rings. The van der Waals surface area contributed by atoms with Crippen molar-refractivity contribution in [2.45, 2.75) is 30.3 Å². The molecule has 4 aromatic rings. The highest BCUT2D eigenvalue weighted by atomic mass is 79.9. The molecule has 0 spiro atoms. The second kappa shape index (κ2) is 10.1. The summed E-state index contributed by atoms with van der Waals surface area (Å²) in [7, 11) is -0.0820. The zero-order chi connectivity index (χ0) is 26.2. The third kappa shape index (κ3) is 4.92. The molecular formula is C24H21BrF3N3O4S. The van der Waals surface area contributed by atoms with Gasteiger partial charge < -0.3 is 19.0 Å². The Bertz CT molecular complexity index is 1450. The van der Waals surface area contributed by atoms with E-state index < -0.39 is 28.5 Å². The number of imidazole rings is 1. The molecule has 0 saturated carbocycles. The van der Waals surface area contributed by atoms with Gasteiger partial charge in [-0.2, -0.15) is 13.2 Å². The van der Waals surface area contributed by atoms with Crippen LogP contribution in [0.2, 0.25) is 0 Å². The SMILES string of the molecule is CCOC(=O)c1c(CS(=O)c2ccc(C(F)(F)F)cc2)n(C)c2cc(Br)c(O)c(Cn3ccnc3)c12. The van der Waals surface area contributed by atoms with Gasteiger partial charge in [-0.05, 0) is 53.2 Å². The van der Waals surface area contributed by atoms with E-state index >= 15 is 0 Å². The van der Waals surface area contributed by atoms with E-state index in [9.17, 15) is 27.3 Å². The van der Waals surface area contributed by atoms with Crippen molar-refractivity contribution in [1.82, 2.24) is 14.1 Å². The Morgan fingerprint density at radius 2 is 1.94 bits per heavy atom. The van der Waals surface area contributed by atoms with E-state index in [1.165, 1.54) is 12.1 Å². The van der Waals surface area contributed by atoms with E-state index in [0.717, 1.165) is 12.1 Å². The molecule has 0 aliphatic carbocycles. The molecule has 1 atom stereocenters. The van der Waals surface area contributed by atoms with E-state index in [-0.39, 0.29) is 35.1 Å². The van der Waals surface area contributed by atoms with Gasteiger partial charge in [0.05, 0.1) is 57.1 Å². The molecule has 1 N–H and O–H groups in total. The van der Waals surface area contributed by atoms with Crippen LogP contribution in [0.5, 0.6) is 5.75 Å². The highest BCUT2D eigenvalue weighted by Gasteiger charge is 2.31. The van der Waals surface area contributed by atoms with Crippen molar-refractivity contribution in [2.75, 3.05) is 6.61 Å². The fourth-order valence-corrected chi connectivity index (χ4v) is 5.64. The summed E-state index contributed by atoms with van der Waals surface area (Å²) in [5, 5.41) is 11.3. The van der Waals surface area contributed by atoms with Gasteiger partial charge in [-0.3, -0.25) is 4.21 Å². The first-order valence-electron chi connectivity index (χ1n) is 10.7. The maximum Gasteiger partial charge on any atom is 0.416 e. The lowest BCUT2D eigenvalue weighted by atomic mass is 10.0. The summed E-state index contributed by atoms with van der Waals surface area (Å²) < 4.78 is 61.1. The number of aromatic hydroxyl groups is 1. The van der Waals surface area contributed by atoms with Gasteiger partial charge in [-0.1, -0.05) is 0 Å². The molecule has 0 saturated heterocycles. The molecule has 2 aromatic heterocycles. The van der Waals surface area contributed by atoms with Crippen LogP contribution in [0.3, 0.4) is 0 Å². The van der Waals surface area contributed by atoms with E-state index in [4.69, 9.17) is 4.74 Å². The summed E-state index contributed by atoms with van der Waals surface area (Å²) in [6.07, 6.45) is 0.357. The number of phenolic OH excluding ortho intramolecular Hbond substituents is 1. The van der Waals surface area contributed by atoms with Crippen molar-refractivity contribution in [2.24, 2.45) is 7.05 Å². The van der Waals surface area contributed by atoms with Gasteiger partial charge in [0.15, 0.2) is 0 Å². The number of esters is 1. The number of fused-ring (bicyclic) bond motifs is 1. The first-order valence-corrected chi connectivity index (χ1v) is 12.8. The molecule has 2 aromatic carbocycles. The number of hydrogen-bond acceptors (Lipinski definition) is 5. The maximum atomic E-state index is 13.2. The van der Waals surface area contributed by atoms with Crippen LogP contribution in [-0.2, 0) is 41.1 Å². The number of aromatic nitrogens is 3. The van der Waals surface area contributed by atoms with E-state index in [2.05, 4.69) is 20.9 Å². The molecule has 36 heavy (non-hydrogen) atoms. The van der Waals surface area contributed by atoms with Crippen LogP contribution in [0.15, 0.2) is 58.4 Å². The molecule has 2 heterocycles. The van der Waals surface area contributed by atoms with Gasteiger partial charge in [0.25, 0.3) is 0 Å². The third-order valence-electron chi connectivity index (χ3n) is 5.73. The van der Waals surface area contributed by atoms with Gasteiger partial charge >= 0.3 is 12.1 Å². The van der Waals surface area contributed by atoms with Crippen LogP contribution in [0.4, 0.5) is 13.2 Å². The van der Waals surface area contributed by atoms with Crippen LogP contribution in [0.1, 0.15) is 34.1 Å². The number of hydrogen-bond donors (Lipinski definition) is 1. The summed E-state index contributed by atoms with van der Waals surface area (Å²) in [6, 6.07) is 5.73. The maximum absolute atomic E-state index is 13.2. The minimum Gasteiger partial charge on any atom is -0.506 e. The van der Waals surface area contributed by atoms with E-state index in [1.54, 1.807) is 47.9 Å². The molecule has 0 bridgehead atoms. The fraction of sp³-hybridized carbons (Fsp3) is 0.250. The molecule has 0 amide bonds. The van der Waals surface area contributed by atoms with E-state index in [0.29, 0.717) is 26.6 Å². The molecule has 1 unspecified atom stereocenters. The van der Waals surface area contributed by atoms with Crippen LogP contribution < -0.4 is 0 Å². The van der Waals surface area contributed by atoms with Crippen LogP contribution >= 0.6 is 15.9 Å². The number of alkyl halides is 3. The molecule has 0 radical (unpaired) electrons. The molecule has 7 nitrogen and oxygen atoms in total. The topological polar surface area (TPSA) is 86.4 Å². The number of carbonyl (C=O) groups excluding carboxylic acids is 1. The molecule has 4 rings (SSSR count). The van der Waals surface area contributed by atoms with Gasteiger partial charge in [-0.25, -0.2) is 9.78 Å². The zero-order valence-corrected chi connectivity index (χ0v) is 21.6. The molecule has 190 valence electrons. The summed E-state index contributed by atoms with van der Waals surface area (Å²) in [5.41, 5.74) is 0.683. The van der Waals surface area contributed by atoms with Gasteiger partial charge in [-0.15, -0.1) is 0 Å². The number of nitrogens with zero attached hydrogens (tertiary/aromatic N) is 3. The largest absolute Gasteiger partial charge is 0.506 e. The quantitative estimate of drug-likeness (QED) is 0.295. The number of ether oxygens (including phenoxy) is 1. The summed E-state index contributed by atoms with van der Waals surface area (Å²) in [6.45, 7) is 1.94. The molecule has 12 heteroatoms. The number of phenols is 1. The van der Waals surface area contributed by atoms with Crippen molar-refractivity contribution in [1.29, 1.82) is 0 Å². The van der Waals surface area contributed by atoms with Crippen molar-refractivity contribution < 1.29 is 32.0 Å². The predicted octanol–water partition coefficient (Wildman–Crippen LogP) is 5.39. The normalized spacial score (nSPS) is 12.7. The minimum atomic E-state index is -4.51. The van der Waals surface area contributed by atoms with Crippen LogP contribution in [-0.4, -0.2) is 36.0 Å². The summed E-state index contributed by atoms with van der Waals surface area (Å²) in [5.74, 6) is -0.882. The second-order valence-electron chi connectivity index (χ2n) is 7.93. The van der Waals surface area contributed by atoms with E-state index in [1.807, 2.05) is 0 Å². The first-order chi connectivity index (χ1) is 17.0. The molecule has 0 aliphatic heterocycles. The van der Waals surface area contributed by atoms with Crippen LogP contribution in [0.25, 0.3) is 10.9 Å². The van der Waals surface area contributed by atoms with Crippen molar-refractivity contribution >= 4 is 43.6 Å². The van der Waals surface area contributed by atoms with Crippen molar-refractivity contribution in [3.8, 4) is 5.75 Å². The predicted molar refractivity (Wildman–Crippen MR) is 131 cm³/mol. The van der Waals surface area contributed by atoms with Crippen molar-refractivity contribution in [3.63, 3.8) is 0 Å². The fourth-order valence-electron chi connectivity index (χ4n) is 3.99. The lowest BCUT2D eigenvalue weighted by Crippen LogP contribution is -2.12. The summed E-state index contributed by atoms with van der Waals surface area (Å²) >= 11 is 3.36. The molecule has 0 fully saturated rings. The van der Waals surface area contributed by atoms with Gasteiger partial charge in [0.1, 0.15) is 5.75 Å². The number of aryl methyl sites for hydroxylation is 1. The second-order valence-corrected chi connectivity index (χ2v) is 10.2. The Hall–Kier alpha value is -3.12. The van der Waals surface area contributed by atoms with Gasteiger partial charge in [0, 0.05) is 41.0 Å². The highest BCUT2D eigenvalue weighted by molar-refractivity contribution is 9.10. The Labute approximate surface area is 215 Å². The average Bonchev–Trinajstić information content (AvgIpc) is 3.43. The monoisotopic (exact) mass is 583 g/mol. The number of carbonyl (C=O) groups is 1. The standard InChI is InChI=1S/C24H21BrF3N3O4S/c1-3-35-23(33)21-19(12-36(34)15-6-4-14(5-7-15)24(26,27)28)30(2)18-10-17(25)22(32)16(20(18)21)11-31-9-8-29-13-31/h4-10,13,32H,3,11-12H2,1-2H3. The smallest absolute Gasteiger partial charge is 0.416 e. The Morgan fingerprint density at radius 3 is 2.53 bits per heavy atom. The number of halogens is 4. The number of benzene rings is 2. The lowest BCUT2D eigenvalue weighted by molar-refractivity contribution is -0.137. The van der Waals surface area contributed by atoms with Crippen LogP contribution in [0, 0.1) is 0 Å². The Kier molecular flexibility index (Phi) is 7.28. The highest BCUT2D eigenvalue weighted by Crippen LogP contribution is 2.40. The third-order valence-corrected chi connectivity index (χ3v) is 7.67. The first kappa shape index (κ1) is 26.0. The Balaban J connectivity index is 1.86. The van der Waals surface area contributed by atoms with Crippen molar-refractivity contribution in [3.05, 3.63) is 75.9 Å². The average molecular weight is 584 g/mol.